The molecular formula is C12H21N3O4. The van der Waals surface area contributed by atoms with Gasteiger partial charge in [0.1, 0.15) is 6.04 Å². The molecule has 1 aliphatic heterocycles. The number of hydrogen-bond acceptors (Lipinski definition) is 4. The number of carbonyl (C=O) groups is 3. The van der Waals surface area contributed by atoms with Gasteiger partial charge < -0.3 is 21.1 Å². The van der Waals surface area contributed by atoms with Gasteiger partial charge in [-0.15, -0.1) is 0 Å². The second-order valence-corrected chi connectivity index (χ2v) is 4.85. The van der Waals surface area contributed by atoms with E-state index in [0.717, 1.165) is 6.42 Å². The monoisotopic (exact) mass is 271 g/mol. The van der Waals surface area contributed by atoms with Crippen LogP contribution >= 0.6 is 0 Å². The number of nitrogens with one attached hydrogen (secondary N) is 1. The summed E-state index contributed by atoms with van der Waals surface area (Å²) >= 11 is 0. The van der Waals surface area contributed by atoms with Crippen molar-refractivity contribution in [2.24, 2.45) is 11.7 Å². The molecule has 1 aliphatic rings. The van der Waals surface area contributed by atoms with Crippen molar-refractivity contribution >= 4 is 17.8 Å². The Labute approximate surface area is 112 Å². The molecule has 1 fully saturated rings. The number of carboxylic acids is 1. The van der Waals surface area contributed by atoms with Crippen LogP contribution in [0.25, 0.3) is 0 Å². The van der Waals surface area contributed by atoms with Crippen LogP contribution in [0.3, 0.4) is 0 Å². The molecule has 0 spiro atoms. The first-order valence-corrected chi connectivity index (χ1v) is 6.44. The Morgan fingerprint density at radius 1 is 1.58 bits per heavy atom. The van der Waals surface area contributed by atoms with Gasteiger partial charge in [0.15, 0.2) is 0 Å². The van der Waals surface area contributed by atoms with Crippen molar-refractivity contribution < 1.29 is 19.5 Å². The third kappa shape index (κ3) is 3.66. The molecule has 3 atom stereocenters. The lowest BCUT2D eigenvalue weighted by molar-refractivity contribution is -0.149. The van der Waals surface area contributed by atoms with Crippen molar-refractivity contribution in [2.75, 3.05) is 13.1 Å². The molecule has 7 heteroatoms. The van der Waals surface area contributed by atoms with Crippen LogP contribution < -0.4 is 11.1 Å². The number of carbonyl (C=O) groups excluding carboxylic acids is 2. The maximum atomic E-state index is 12.3. The Kier molecular flexibility index (Phi) is 5.29. The number of nitrogens with zero attached hydrogens (tertiary/aromatic N) is 1. The summed E-state index contributed by atoms with van der Waals surface area (Å²) in [5.41, 5.74) is 5.87. The summed E-state index contributed by atoms with van der Waals surface area (Å²) in [6.07, 6.45) is 0.349. The van der Waals surface area contributed by atoms with Crippen molar-refractivity contribution in [3.63, 3.8) is 0 Å². The van der Waals surface area contributed by atoms with E-state index in [1.807, 2.05) is 13.8 Å². The van der Waals surface area contributed by atoms with Crippen molar-refractivity contribution in [1.82, 2.24) is 10.2 Å². The van der Waals surface area contributed by atoms with Crippen molar-refractivity contribution in [1.29, 1.82) is 0 Å². The Morgan fingerprint density at radius 3 is 2.74 bits per heavy atom. The van der Waals surface area contributed by atoms with Gasteiger partial charge in [-0.2, -0.15) is 0 Å². The number of hydrogen-bond donors (Lipinski definition) is 3. The fourth-order valence-corrected chi connectivity index (χ4v) is 2.04. The maximum absolute atomic E-state index is 12.3. The SMILES string of the molecule is CCC(C)[C@H](N)C(=O)N1CCNC(=O)C1CC(=O)O. The molecule has 7 nitrogen and oxygen atoms in total. The summed E-state index contributed by atoms with van der Waals surface area (Å²) in [6.45, 7) is 4.41. The molecule has 1 heterocycles. The van der Waals surface area contributed by atoms with Gasteiger partial charge >= 0.3 is 5.97 Å². The van der Waals surface area contributed by atoms with Crippen LogP contribution in [0, 0.1) is 5.92 Å². The zero-order valence-electron chi connectivity index (χ0n) is 11.3. The average Bonchev–Trinajstić information content (AvgIpc) is 2.38. The van der Waals surface area contributed by atoms with E-state index < -0.39 is 30.4 Å². The zero-order valence-corrected chi connectivity index (χ0v) is 11.3. The number of aliphatic carboxylic acids is 1. The molecule has 0 saturated carbocycles. The molecule has 0 aliphatic carbocycles. The van der Waals surface area contributed by atoms with Crippen molar-refractivity contribution in [2.45, 2.75) is 38.8 Å². The molecule has 1 saturated heterocycles. The highest BCUT2D eigenvalue weighted by Crippen LogP contribution is 2.14. The van der Waals surface area contributed by atoms with E-state index in [9.17, 15) is 14.4 Å². The summed E-state index contributed by atoms with van der Waals surface area (Å²) in [4.78, 5) is 36.0. The highest BCUT2D eigenvalue weighted by molar-refractivity contribution is 5.93. The van der Waals surface area contributed by atoms with Crippen LogP contribution in [0.5, 0.6) is 0 Å². The lowest BCUT2D eigenvalue weighted by atomic mass is 9.97. The summed E-state index contributed by atoms with van der Waals surface area (Å²) in [5.74, 6) is -1.91. The molecular weight excluding hydrogens is 250 g/mol. The van der Waals surface area contributed by atoms with E-state index in [0.29, 0.717) is 13.1 Å². The van der Waals surface area contributed by atoms with Gasteiger partial charge in [0.2, 0.25) is 11.8 Å². The molecule has 4 N–H and O–H groups in total. The quantitative estimate of drug-likeness (QED) is 0.603. The molecule has 2 unspecified atom stereocenters. The molecule has 108 valence electrons. The fraction of sp³-hybridized carbons (Fsp3) is 0.750. The molecule has 0 aromatic rings. The first kappa shape index (κ1) is 15.4. The summed E-state index contributed by atoms with van der Waals surface area (Å²) in [7, 11) is 0. The average molecular weight is 271 g/mol. The molecule has 2 amide bonds. The molecule has 1 rings (SSSR count). The fourth-order valence-electron chi connectivity index (χ4n) is 2.04. The Hall–Kier alpha value is -1.63. The van der Waals surface area contributed by atoms with Gasteiger partial charge in [-0.05, 0) is 5.92 Å². The van der Waals surface area contributed by atoms with E-state index in [4.69, 9.17) is 10.8 Å². The normalized spacial score (nSPS) is 22.6. The van der Waals surface area contributed by atoms with Crippen LogP contribution in [0.1, 0.15) is 26.7 Å². The van der Waals surface area contributed by atoms with E-state index in [1.54, 1.807) is 0 Å². The number of amides is 2. The van der Waals surface area contributed by atoms with Crippen LogP contribution in [0.2, 0.25) is 0 Å². The molecule has 0 bridgehead atoms. The summed E-state index contributed by atoms with van der Waals surface area (Å²) < 4.78 is 0. The lowest BCUT2D eigenvalue weighted by Crippen LogP contribution is -2.61. The van der Waals surface area contributed by atoms with Gasteiger partial charge in [-0.25, -0.2) is 0 Å². The lowest BCUT2D eigenvalue weighted by Gasteiger charge is -2.36. The topological polar surface area (TPSA) is 113 Å². The third-order valence-corrected chi connectivity index (χ3v) is 3.52. The van der Waals surface area contributed by atoms with Gasteiger partial charge in [-0.1, -0.05) is 20.3 Å². The van der Waals surface area contributed by atoms with Gasteiger partial charge in [0.05, 0.1) is 12.5 Å². The minimum atomic E-state index is -1.11. The minimum Gasteiger partial charge on any atom is -0.481 e. The van der Waals surface area contributed by atoms with E-state index in [2.05, 4.69) is 5.32 Å². The van der Waals surface area contributed by atoms with Gasteiger partial charge in [0, 0.05) is 13.1 Å². The van der Waals surface area contributed by atoms with E-state index in [1.165, 1.54) is 4.90 Å². The van der Waals surface area contributed by atoms with Crippen molar-refractivity contribution in [3.05, 3.63) is 0 Å². The molecule has 0 aromatic carbocycles. The number of nitrogens with two attached hydrogens (primary N) is 1. The van der Waals surface area contributed by atoms with Crippen LogP contribution in [0.4, 0.5) is 0 Å². The first-order chi connectivity index (χ1) is 8.88. The van der Waals surface area contributed by atoms with Gasteiger partial charge in [0.25, 0.3) is 0 Å². The largest absolute Gasteiger partial charge is 0.481 e. The Morgan fingerprint density at radius 2 is 2.21 bits per heavy atom. The summed E-state index contributed by atoms with van der Waals surface area (Å²) in [6, 6.07) is -1.67. The Bertz CT molecular complexity index is 372. The van der Waals surface area contributed by atoms with Crippen LogP contribution in [0.15, 0.2) is 0 Å². The highest BCUT2D eigenvalue weighted by atomic mass is 16.4. The zero-order chi connectivity index (χ0) is 14.6. The van der Waals surface area contributed by atoms with E-state index >= 15 is 0 Å². The minimum absolute atomic E-state index is 0.0111. The molecule has 0 radical (unpaired) electrons. The molecule has 19 heavy (non-hydrogen) atoms. The number of rotatable bonds is 5. The smallest absolute Gasteiger partial charge is 0.305 e. The number of carboxylic acid groups (broad SMARTS) is 1. The first-order valence-electron chi connectivity index (χ1n) is 6.44. The van der Waals surface area contributed by atoms with Crippen molar-refractivity contribution in [3.8, 4) is 0 Å². The van der Waals surface area contributed by atoms with E-state index in [-0.39, 0.29) is 11.8 Å². The Balaban J connectivity index is 2.84. The summed E-state index contributed by atoms with van der Waals surface area (Å²) in [5, 5.41) is 11.4. The predicted molar refractivity (Wildman–Crippen MR) is 68.2 cm³/mol. The second-order valence-electron chi connectivity index (χ2n) is 4.85. The van der Waals surface area contributed by atoms with Crippen LogP contribution in [-0.2, 0) is 14.4 Å². The third-order valence-electron chi connectivity index (χ3n) is 3.52. The standard InChI is InChI=1S/C12H21N3O4/c1-3-7(2)10(13)12(19)15-5-4-14-11(18)8(15)6-9(16)17/h7-8,10H,3-6,13H2,1-2H3,(H,14,18)(H,16,17)/t7?,8?,10-/m0/s1. The predicted octanol–water partition coefficient (Wildman–Crippen LogP) is -0.838. The maximum Gasteiger partial charge on any atom is 0.305 e. The molecule has 0 aromatic heterocycles. The highest BCUT2D eigenvalue weighted by Gasteiger charge is 2.37. The number of piperazine rings is 1. The van der Waals surface area contributed by atoms with Crippen LogP contribution in [-0.4, -0.2) is 53.0 Å². The second kappa shape index (κ2) is 6.51. The van der Waals surface area contributed by atoms with Gasteiger partial charge in [-0.3, -0.25) is 14.4 Å².